The topological polar surface area (TPSA) is 41.6 Å². The van der Waals surface area contributed by atoms with E-state index in [0.717, 1.165) is 11.1 Å². The number of hydrogen-bond donors (Lipinski definition) is 1. The lowest BCUT2D eigenvalue weighted by atomic mass is 9.76. The van der Waals surface area contributed by atoms with Gasteiger partial charge in [-0.1, -0.05) is 42.5 Å². The van der Waals surface area contributed by atoms with Crippen molar-refractivity contribution >= 4 is 6.09 Å². The molecule has 0 spiro atoms. The van der Waals surface area contributed by atoms with Crippen molar-refractivity contribution in [3.05, 3.63) is 102 Å². The Bertz CT molecular complexity index is 1030. The Hall–Kier alpha value is -3.25. The summed E-state index contributed by atoms with van der Waals surface area (Å²) in [5, 5.41) is 3.41. The molecule has 1 N–H and O–H groups in total. The maximum absolute atomic E-state index is 13.5. The van der Waals surface area contributed by atoms with Gasteiger partial charge < -0.3 is 15.0 Å². The van der Waals surface area contributed by atoms with Crippen LogP contribution in [0.25, 0.3) is 0 Å². The number of halogens is 2. The van der Waals surface area contributed by atoms with Crippen LogP contribution >= 0.6 is 0 Å². The van der Waals surface area contributed by atoms with Gasteiger partial charge in [-0.05, 0) is 53.9 Å². The normalized spacial score (nSPS) is 20.4. The largest absolute Gasteiger partial charge is 0.415 e. The molecule has 0 bridgehead atoms. The second-order valence-corrected chi connectivity index (χ2v) is 7.88. The first-order chi connectivity index (χ1) is 15.0. The fourth-order valence-electron chi connectivity index (χ4n) is 4.33. The van der Waals surface area contributed by atoms with Gasteiger partial charge >= 0.3 is 6.09 Å². The Morgan fingerprint density at radius 1 is 1.00 bits per heavy atom. The summed E-state index contributed by atoms with van der Waals surface area (Å²) < 4.78 is 32.3. The van der Waals surface area contributed by atoms with Gasteiger partial charge in [0.2, 0.25) is 0 Å². The average molecular weight is 422 g/mol. The number of hydrogen-bond acceptors (Lipinski definition) is 3. The highest BCUT2D eigenvalue weighted by Gasteiger charge is 2.49. The molecule has 4 nitrogen and oxygen atoms in total. The average Bonchev–Trinajstić information content (AvgIpc) is 3.20. The van der Waals surface area contributed by atoms with Gasteiger partial charge in [0.15, 0.2) is 0 Å². The minimum absolute atomic E-state index is 0.0703. The maximum atomic E-state index is 13.5. The highest BCUT2D eigenvalue weighted by atomic mass is 19.1. The van der Waals surface area contributed by atoms with E-state index < -0.39 is 17.4 Å². The molecule has 0 aliphatic carbocycles. The Morgan fingerprint density at radius 2 is 1.61 bits per heavy atom. The van der Waals surface area contributed by atoms with Gasteiger partial charge in [-0.15, -0.1) is 0 Å². The maximum Gasteiger partial charge on any atom is 0.415 e. The molecule has 4 rings (SSSR count). The molecule has 1 aliphatic rings. The van der Waals surface area contributed by atoms with Crippen LogP contribution in [0.1, 0.15) is 17.0 Å². The van der Waals surface area contributed by atoms with Crippen molar-refractivity contribution in [2.75, 3.05) is 20.1 Å². The van der Waals surface area contributed by atoms with Crippen LogP contribution in [0.4, 0.5) is 13.6 Å². The molecule has 2 atom stereocenters. The summed E-state index contributed by atoms with van der Waals surface area (Å²) in [5.41, 5.74) is 1.40. The Kier molecular flexibility index (Phi) is 6.00. The monoisotopic (exact) mass is 422 g/mol. The molecule has 1 amide bonds. The Labute approximate surface area is 180 Å². The third-order valence-corrected chi connectivity index (χ3v) is 6.01. The van der Waals surface area contributed by atoms with E-state index in [-0.39, 0.29) is 17.5 Å². The SMILES string of the molecule is CN(C(=O)Oc1ccc(F)cc1)[C@]1(Cc2ccccc2)CNC[C@H]1c1ccc(F)cc1. The number of benzene rings is 3. The first-order valence-corrected chi connectivity index (χ1v) is 10.2. The fraction of sp³-hybridized carbons (Fsp3) is 0.240. The quantitative estimate of drug-likeness (QED) is 0.644. The number of amides is 1. The number of rotatable bonds is 5. The number of likely N-dealkylation sites (N-methyl/N-ethyl adjacent to an activating group) is 1. The number of carbonyl (C=O) groups is 1. The molecule has 0 unspecified atom stereocenters. The van der Waals surface area contributed by atoms with E-state index >= 15 is 0 Å². The van der Waals surface area contributed by atoms with Crippen molar-refractivity contribution in [1.29, 1.82) is 0 Å². The molecule has 160 valence electrons. The van der Waals surface area contributed by atoms with Gasteiger partial charge in [0.05, 0.1) is 5.54 Å². The third kappa shape index (κ3) is 4.44. The molecule has 3 aromatic carbocycles. The van der Waals surface area contributed by atoms with Crippen molar-refractivity contribution in [2.24, 2.45) is 0 Å². The van der Waals surface area contributed by atoms with Crippen molar-refractivity contribution in [1.82, 2.24) is 10.2 Å². The zero-order valence-electron chi connectivity index (χ0n) is 17.2. The van der Waals surface area contributed by atoms with Crippen LogP contribution in [0.3, 0.4) is 0 Å². The van der Waals surface area contributed by atoms with Crippen LogP contribution in [0.15, 0.2) is 78.9 Å². The van der Waals surface area contributed by atoms with Crippen molar-refractivity contribution < 1.29 is 18.3 Å². The van der Waals surface area contributed by atoms with E-state index in [1.807, 2.05) is 30.3 Å². The van der Waals surface area contributed by atoms with Crippen LogP contribution in [-0.2, 0) is 6.42 Å². The summed E-state index contributed by atoms with van der Waals surface area (Å²) in [5.74, 6) is -0.492. The lowest BCUT2D eigenvalue weighted by molar-refractivity contribution is 0.0986. The van der Waals surface area contributed by atoms with Crippen molar-refractivity contribution in [2.45, 2.75) is 17.9 Å². The Balaban J connectivity index is 1.68. The van der Waals surface area contributed by atoms with E-state index in [9.17, 15) is 13.6 Å². The molecule has 1 fully saturated rings. The van der Waals surface area contributed by atoms with Crippen molar-refractivity contribution in [3.63, 3.8) is 0 Å². The fourth-order valence-corrected chi connectivity index (χ4v) is 4.33. The molecule has 0 radical (unpaired) electrons. The molecule has 3 aromatic rings. The van der Waals surface area contributed by atoms with E-state index in [1.165, 1.54) is 36.4 Å². The zero-order valence-corrected chi connectivity index (χ0v) is 17.2. The van der Waals surface area contributed by atoms with E-state index in [0.29, 0.717) is 19.5 Å². The van der Waals surface area contributed by atoms with Crippen LogP contribution in [0.2, 0.25) is 0 Å². The minimum atomic E-state index is -0.629. The van der Waals surface area contributed by atoms with Gasteiger partial charge in [0, 0.05) is 26.1 Å². The third-order valence-electron chi connectivity index (χ3n) is 6.01. The molecule has 0 saturated carbocycles. The standard InChI is InChI=1S/C25H24F2N2O2/c1-29(24(30)31-22-13-11-21(27)12-14-22)25(15-18-5-3-2-4-6-18)17-28-16-23(25)19-7-9-20(26)10-8-19/h2-14,23,28H,15-17H2,1H3/t23-,25+/m0/s1. The first kappa shape index (κ1) is 21.0. The van der Waals surface area contributed by atoms with Gasteiger partial charge in [-0.3, -0.25) is 0 Å². The minimum Gasteiger partial charge on any atom is -0.410 e. The summed E-state index contributed by atoms with van der Waals surface area (Å²) in [6.45, 7) is 1.20. The summed E-state index contributed by atoms with van der Waals surface area (Å²) in [7, 11) is 1.72. The van der Waals surface area contributed by atoms with E-state index in [2.05, 4.69) is 5.32 Å². The number of nitrogens with one attached hydrogen (secondary N) is 1. The number of carbonyl (C=O) groups excluding carboxylic acids is 1. The van der Waals surface area contributed by atoms with Gasteiger partial charge in [-0.2, -0.15) is 0 Å². The van der Waals surface area contributed by atoms with E-state index in [4.69, 9.17) is 4.74 Å². The van der Waals surface area contributed by atoms with Crippen molar-refractivity contribution in [3.8, 4) is 5.75 Å². The molecular formula is C25H24F2N2O2. The van der Waals surface area contributed by atoms with Crippen LogP contribution in [0, 0.1) is 11.6 Å². The molecule has 0 aromatic heterocycles. The smallest absolute Gasteiger partial charge is 0.410 e. The molecule has 1 saturated heterocycles. The van der Waals surface area contributed by atoms with Crippen LogP contribution in [0.5, 0.6) is 5.75 Å². The lowest BCUT2D eigenvalue weighted by Crippen LogP contribution is -2.56. The highest BCUT2D eigenvalue weighted by Crippen LogP contribution is 2.39. The van der Waals surface area contributed by atoms with Crippen LogP contribution in [-0.4, -0.2) is 36.7 Å². The second-order valence-electron chi connectivity index (χ2n) is 7.88. The molecule has 31 heavy (non-hydrogen) atoms. The van der Waals surface area contributed by atoms with Crippen LogP contribution < -0.4 is 10.1 Å². The zero-order chi connectivity index (χ0) is 21.8. The molecule has 1 heterocycles. The van der Waals surface area contributed by atoms with E-state index in [1.54, 1.807) is 24.1 Å². The van der Waals surface area contributed by atoms with Gasteiger partial charge in [0.25, 0.3) is 0 Å². The summed E-state index contributed by atoms with van der Waals surface area (Å²) >= 11 is 0. The Morgan fingerprint density at radius 3 is 2.26 bits per heavy atom. The highest BCUT2D eigenvalue weighted by molar-refractivity contribution is 5.72. The van der Waals surface area contributed by atoms with Gasteiger partial charge in [-0.25, -0.2) is 13.6 Å². The first-order valence-electron chi connectivity index (χ1n) is 10.2. The van der Waals surface area contributed by atoms with Gasteiger partial charge in [0.1, 0.15) is 17.4 Å². The molecule has 1 aliphatic heterocycles. The predicted octanol–water partition coefficient (Wildman–Crippen LogP) is 4.76. The number of nitrogens with zero attached hydrogens (tertiary/aromatic N) is 1. The summed E-state index contributed by atoms with van der Waals surface area (Å²) in [6, 6.07) is 21.7. The second kappa shape index (κ2) is 8.86. The molecular weight excluding hydrogens is 398 g/mol. The number of ether oxygens (including phenoxy) is 1. The predicted molar refractivity (Wildman–Crippen MR) is 115 cm³/mol. The lowest BCUT2D eigenvalue weighted by Gasteiger charge is -2.42. The summed E-state index contributed by atoms with van der Waals surface area (Å²) in [4.78, 5) is 14.8. The molecule has 6 heteroatoms. The summed E-state index contributed by atoms with van der Waals surface area (Å²) in [6.07, 6.45) is 0.0658.